The van der Waals surface area contributed by atoms with E-state index in [4.69, 9.17) is 0 Å². The summed E-state index contributed by atoms with van der Waals surface area (Å²) in [6.45, 7) is 1.11. The molecule has 0 aromatic heterocycles. The normalized spacial score (nSPS) is 10.3. The maximum absolute atomic E-state index is 11.9. The number of rotatable bonds is 7. The molecular formula is C18H23N3O. The first kappa shape index (κ1) is 16.0. The number of carbonyl (C=O) groups excluding carboxylic acids is 1. The maximum Gasteiger partial charge on any atom is 0.238 e. The first-order valence-electron chi connectivity index (χ1n) is 7.47. The lowest BCUT2D eigenvalue weighted by atomic mass is 10.1. The van der Waals surface area contributed by atoms with Crippen molar-refractivity contribution in [3.05, 3.63) is 60.2 Å². The fraction of sp³-hybridized carbons (Fsp3) is 0.278. The highest BCUT2D eigenvalue weighted by Gasteiger charge is 2.02. The molecule has 0 fully saturated rings. The summed E-state index contributed by atoms with van der Waals surface area (Å²) < 4.78 is 0. The van der Waals surface area contributed by atoms with Gasteiger partial charge in [0.15, 0.2) is 0 Å². The van der Waals surface area contributed by atoms with Crippen molar-refractivity contribution in [2.24, 2.45) is 0 Å². The number of anilines is 2. The second-order valence-electron chi connectivity index (χ2n) is 5.40. The molecule has 4 nitrogen and oxygen atoms in total. The average Bonchev–Trinajstić information content (AvgIpc) is 2.53. The van der Waals surface area contributed by atoms with E-state index in [0.717, 1.165) is 24.3 Å². The molecule has 0 aliphatic rings. The van der Waals surface area contributed by atoms with Crippen LogP contribution in [0.15, 0.2) is 54.6 Å². The summed E-state index contributed by atoms with van der Waals surface area (Å²) in [6.07, 6.45) is 0.922. The van der Waals surface area contributed by atoms with Crippen LogP contribution in [0.5, 0.6) is 0 Å². The Morgan fingerprint density at radius 2 is 1.68 bits per heavy atom. The van der Waals surface area contributed by atoms with E-state index in [0.29, 0.717) is 6.54 Å². The van der Waals surface area contributed by atoms with Gasteiger partial charge in [-0.15, -0.1) is 0 Å². The second kappa shape index (κ2) is 8.20. The number of amides is 1. The van der Waals surface area contributed by atoms with Gasteiger partial charge in [-0.05, 0) is 42.8 Å². The molecule has 0 atom stereocenters. The first-order chi connectivity index (χ1) is 10.6. The summed E-state index contributed by atoms with van der Waals surface area (Å²) in [5, 5.41) is 6.05. The number of carbonyl (C=O) groups is 1. The van der Waals surface area contributed by atoms with Gasteiger partial charge in [-0.2, -0.15) is 0 Å². The van der Waals surface area contributed by atoms with E-state index in [1.165, 1.54) is 5.56 Å². The minimum atomic E-state index is -0.0225. The fourth-order valence-electron chi connectivity index (χ4n) is 2.13. The maximum atomic E-state index is 11.9. The van der Waals surface area contributed by atoms with Gasteiger partial charge in [0, 0.05) is 25.5 Å². The Morgan fingerprint density at radius 3 is 2.32 bits per heavy atom. The van der Waals surface area contributed by atoms with E-state index in [1.54, 1.807) is 0 Å². The van der Waals surface area contributed by atoms with Gasteiger partial charge in [0.2, 0.25) is 5.91 Å². The molecule has 2 N–H and O–H groups in total. The van der Waals surface area contributed by atoms with Crippen LogP contribution in [0, 0.1) is 0 Å². The minimum absolute atomic E-state index is 0.0225. The number of nitrogens with one attached hydrogen (secondary N) is 2. The number of benzene rings is 2. The van der Waals surface area contributed by atoms with Crippen LogP contribution in [0.2, 0.25) is 0 Å². The lowest BCUT2D eigenvalue weighted by Gasteiger charge is -2.13. The van der Waals surface area contributed by atoms with Crippen LogP contribution in [0.25, 0.3) is 0 Å². The van der Waals surface area contributed by atoms with Gasteiger partial charge in [-0.25, -0.2) is 0 Å². The minimum Gasteiger partial charge on any atom is -0.378 e. The topological polar surface area (TPSA) is 44.4 Å². The van der Waals surface area contributed by atoms with E-state index in [1.807, 2.05) is 61.5 Å². The van der Waals surface area contributed by atoms with E-state index >= 15 is 0 Å². The summed E-state index contributed by atoms with van der Waals surface area (Å²) in [5.74, 6) is -0.0225. The molecule has 0 radical (unpaired) electrons. The van der Waals surface area contributed by atoms with Crippen molar-refractivity contribution < 1.29 is 4.79 Å². The average molecular weight is 297 g/mol. The van der Waals surface area contributed by atoms with Gasteiger partial charge in [-0.1, -0.05) is 30.3 Å². The lowest BCUT2D eigenvalue weighted by molar-refractivity contribution is -0.115. The van der Waals surface area contributed by atoms with Gasteiger partial charge < -0.3 is 15.5 Å². The summed E-state index contributed by atoms with van der Waals surface area (Å²) >= 11 is 0. The molecule has 0 heterocycles. The monoisotopic (exact) mass is 297 g/mol. The van der Waals surface area contributed by atoms with Crippen molar-refractivity contribution >= 4 is 17.3 Å². The van der Waals surface area contributed by atoms with E-state index in [9.17, 15) is 4.79 Å². The molecule has 0 unspecified atom stereocenters. The summed E-state index contributed by atoms with van der Waals surface area (Å²) in [4.78, 5) is 13.9. The molecule has 4 heteroatoms. The van der Waals surface area contributed by atoms with Gasteiger partial charge in [0.05, 0.1) is 6.54 Å². The smallest absolute Gasteiger partial charge is 0.238 e. The number of hydrogen-bond donors (Lipinski definition) is 2. The quantitative estimate of drug-likeness (QED) is 0.772. The van der Waals surface area contributed by atoms with Gasteiger partial charge in [-0.3, -0.25) is 4.79 Å². The van der Waals surface area contributed by atoms with Crippen LogP contribution in [-0.2, 0) is 11.2 Å². The standard InChI is InChI=1S/C18H23N3O/c1-21(2)17-10-8-16(9-11-17)20-18(22)14-19-13-12-15-6-4-3-5-7-15/h3-11,19H,12-14H2,1-2H3,(H,20,22). The van der Waals surface area contributed by atoms with Crippen LogP contribution in [-0.4, -0.2) is 33.1 Å². The Balaban J connectivity index is 1.69. The van der Waals surface area contributed by atoms with Crippen molar-refractivity contribution in [3.8, 4) is 0 Å². The molecule has 0 spiro atoms. The fourth-order valence-corrected chi connectivity index (χ4v) is 2.13. The van der Waals surface area contributed by atoms with Crippen LogP contribution in [0.1, 0.15) is 5.56 Å². The number of hydrogen-bond acceptors (Lipinski definition) is 3. The zero-order chi connectivity index (χ0) is 15.8. The molecule has 0 bridgehead atoms. The molecule has 2 rings (SSSR count). The molecule has 1 amide bonds. The largest absolute Gasteiger partial charge is 0.378 e. The Morgan fingerprint density at radius 1 is 1.00 bits per heavy atom. The Kier molecular flexibility index (Phi) is 5.98. The second-order valence-corrected chi connectivity index (χ2v) is 5.40. The molecule has 0 saturated carbocycles. The van der Waals surface area contributed by atoms with Crippen molar-refractivity contribution in [3.63, 3.8) is 0 Å². The van der Waals surface area contributed by atoms with Gasteiger partial charge in [0.1, 0.15) is 0 Å². The van der Waals surface area contributed by atoms with Crippen molar-refractivity contribution in [1.29, 1.82) is 0 Å². The SMILES string of the molecule is CN(C)c1ccc(NC(=O)CNCCc2ccccc2)cc1. The Hall–Kier alpha value is -2.33. The van der Waals surface area contributed by atoms with Crippen molar-refractivity contribution in [1.82, 2.24) is 5.32 Å². The van der Waals surface area contributed by atoms with Crippen LogP contribution >= 0.6 is 0 Å². The van der Waals surface area contributed by atoms with Crippen molar-refractivity contribution in [2.75, 3.05) is 37.4 Å². The van der Waals surface area contributed by atoms with Crippen LogP contribution in [0.3, 0.4) is 0 Å². The first-order valence-corrected chi connectivity index (χ1v) is 7.47. The molecule has 2 aromatic carbocycles. The Bertz CT molecular complexity index is 579. The van der Waals surface area contributed by atoms with E-state index in [2.05, 4.69) is 22.8 Å². The molecule has 0 saturated heterocycles. The summed E-state index contributed by atoms with van der Waals surface area (Å²) in [6, 6.07) is 18.0. The zero-order valence-corrected chi connectivity index (χ0v) is 13.2. The van der Waals surface area contributed by atoms with E-state index in [-0.39, 0.29) is 5.91 Å². The summed E-state index contributed by atoms with van der Waals surface area (Å²) in [7, 11) is 3.98. The highest BCUT2D eigenvalue weighted by Crippen LogP contribution is 2.15. The van der Waals surface area contributed by atoms with Crippen LogP contribution < -0.4 is 15.5 Å². The third kappa shape index (κ3) is 5.22. The molecule has 116 valence electrons. The zero-order valence-electron chi connectivity index (χ0n) is 13.2. The third-order valence-electron chi connectivity index (χ3n) is 3.39. The lowest BCUT2D eigenvalue weighted by Crippen LogP contribution is -2.29. The van der Waals surface area contributed by atoms with Gasteiger partial charge >= 0.3 is 0 Å². The van der Waals surface area contributed by atoms with Gasteiger partial charge in [0.25, 0.3) is 0 Å². The summed E-state index contributed by atoms with van der Waals surface area (Å²) in [5.41, 5.74) is 3.20. The molecule has 0 aliphatic carbocycles. The highest BCUT2D eigenvalue weighted by molar-refractivity contribution is 5.92. The predicted octanol–water partition coefficient (Wildman–Crippen LogP) is 2.52. The molecule has 2 aromatic rings. The third-order valence-corrected chi connectivity index (χ3v) is 3.39. The van der Waals surface area contributed by atoms with E-state index < -0.39 is 0 Å². The van der Waals surface area contributed by atoms with Crippen molar-refractivity contribution in [2.45, 2.75) is 6.42 Å². The highest BCUT2D eigenvalue weighted by atomic mass is 16.1. The molecule has 22 heavy (non-hydrogen) atoms. The predicted molar refractivity (Wildman–Crippen MR) is 92.4 cm³/mol. The number of nitrogens with zero attached hydrogens (tertiary/aromatic N) is 1. The molecule has 0 aliphatic heterocycles. The molecular weight excluding hydrogens is 274 g/mol. The van der Waals surface area contributed by atoms with Crippen LogP contribution in [0.4, 0.5) is 11.4 Å². The Labute approximate surface area is 132 Å².